The summed E-state index contributed by atoms with van der Waals surface area (Å²) in [6.07, 6.45) is -4.54. The summed E-state index contributed by atoms with van der Waals surface area (Å²) in [6.45, 7) is -1.53. The van der Waals surface area contributed by atoms with Crippen LogP contribution in [-0.4, -0.2) is 28.8 Å². The van der Waals surface area contributed by atoms with Crippen molar-refractivity contribution in [2.75, 3.05) is 6.61 Å². The fourth-order valence-electron chi connectivity index (χ4n) is 1.69. The molecule has 0 spiro atoms. The van der Waals surface area contributed by atoms with Crippen molar-refractivity contribution in [2.45, 2.75) is 6.18 Å². The molecule has 1 heterocycles. The molecule has 2 rings (SSSR count). The SMILES string of the molecule is O=C(O)c1ccc(OCC(F)(F)F)c(-c2ccc(Cl)c(Cl)c2)n1. The van der Waals surface area contributed by atoms with Gasteiger partial charge in [0.15, 0.2) is 6.61 Å². The smallest absolute Gasteiger partial charge is 0.422 e. The number of pyridine rings is 1. The Hall–Kier alpha value is -1.99. The zero-order valence-electron chi connectivity index (χ0n) is 11.2. The Morgan fingerprint density at radius 3 is 2.43 bits per heavy atom. The van der Waals surface area contributed by atoms with Gasteiger partial charge in [0.25, 0.3) is 0 Å². The Balaban J connectivity index is 2.49. The van der Waals surface area contributed by atoms with Gasteiger partial charge in [-0.05, 0) is 24.3 Å². The predicted octanol–water partition coefficient (Wildman–Crippen LogP) is 4.69. The third kappa shape index (κ3) is 4.49. The number of carboxylic acids is 1. The molecule has 4 nitrogen and oxygen atoms in total. The quantitative estimate of drug-likeness (QED) is 0.853. The van der Waals surface area contributed by atoms with Crippen LogP contribution in [0.25, 0.3) is 11.3 Å². The fraction of sp³-hybridized carbons (Fsp3) is 0.143. The first-order valence-corrected chi connectivity index (χ1v) is 6.82. The van der Waals surface area contributed by atoms with E-state index in [0.29, 0.717) is 0 Å². The summed E-state index contributed by atoms with van der Waals surface area (Å²) in [6, 6.07) is 6.39. The molecular weight excluding hydrogens is 358 g/mol. The number of aromatic carboxylic acids is 1. The van der Waals surface area contributed by atoms with E-state index in [0.717, 1.165) is 12.1 Å². The molecule has 0 bridgehead atoms. The summed E-state index contributed by atoms with van der Waals surface area (Å²) >= 11 is 11.7. The average Bonchev–Trinajstić information content (AvgIpc) is 2.47. The highest BCUT2D eigenvalue weighted by Gasteiger charge is 2.29. The molecule has 0 atom stereocenters. The lowest BCUT2D eigenvalue weighted by Crippen LogP contribution is -2.19. The van der Waals surface area contributed by atoms with E-state index in [4.69, 9.17) is 33.0 Å². The molecule has 0 fully saturated rings. The first kappa shape index (κ1) is 17.4. The van der Waals surface area contributed by atoms with Gasteiger partial charge >= 0.3 is 12.1 Å². The number of hydrogen-bond donors (Lipinski definition) is 1. The molecule has 1 N–H and O–H groups in total. The molecule has 0 aliphatic rings. The highest BCUT2D eigenvalue weighted by atomic mass is 35.5. The van der Waals surface area contributed by atoms with Gasteiger partial charge in [0.05, 0.1) is 10.0 Å². The van der Waals surface area contributed by atoms with Crippen LogP contribution in [-0.2, 0) is 0 Å². The minimum atomic E-state index is -4.54. The molecule has 1 aromatic heterocycles. The Morgan fingerprint density at radius 1 is 1.17 bits per heavy atom. The van der Waals surface area contributed by atoms with E-state index >= 15 is 0 Å². The van der Waals surface area contributed by atoms with Crippen LogP contribution in [0.5, 0.6) is 5.75 Å². The van der Waals surface area contributed by atoms with Crippen LogP contribution in [0.1, 0.15) is 10.5 Å². The molecule has 1 aromatic carbocycles. The Morgan fingerprint density at radius 2 is 1.87 bits per heavy atom. The monoisotopic (exact) mass is 365 g/mol. The highest BCUT2D eigenvalue weighted by Crippen LogP contribution is 2.33. The van der Waals surface area contributed by atoms with Gasteiger partial charge in [-0.1, -0.05) is 29.3 Å². The summed E-state index contributed by atoms with van der Waals surface area (Å²) in [4.78, 5) is 14.8. The molecule has 0 saturated heterocycles. The zero-order valence-corrected chi connectivity index (χ0v) is 12.7. The molecule has 0 aliphatic carbocycles. The van der Waals surface area contributed by atoms with Crippen molar-refractivity contribution in [1.29, 1.82) is 0 Å². The van der Waals surface area contributed by atoms with Gasteiger partial charge in [-0.2, -0.15) is 13.2 Å². The lowest BCUT2D eigenvalue weighted by molar-refractivity contribution is -0.153. The Kier molecular flexibility index (Phi) is 5.01. The number of benzene rings is 1. The van der Waals surface area contributed by atoms with Crippen LogP contribution >= 0.6 is 23.2 Å². The summed E-state index contributed by atoms with van der Waals surface area (Å²) in [7, 11) is 0. The van der Waals surface area contributed by atoms with Crippen LogP contribution < -0.4 is 4.74 Å². The molecule has 0 saturated carbocycles. The second kappa shape index (κ2) is 6.64. The fourth-order valence-corrected chi connectivity index (χ4v) is 1.99. The van der Waals surface area contributed by atoms with Gasteiger partial charge < -0.3 is 9.84 Å². The predicted molar refractivity (Wildman–Crippen MR) is 78.2 cm³/mol. The van der Waals surface area contributed by atoms with E-state index in [9.17, 15) is 18.0 Å². The number of hydrogen-bond acceptors (Lipinski definition) is 3. The topological polar surface area (TPSA) is 59.4 Å². The van der Waals surface area contributed by atoms with E-state index in [1.807, 2.05) is 0 Å². The molecule has 0 aliphatic heterocycles. The Labute approximate surface area is 138 Å². The lowest BCUT2D eigenvalue weighted by Gasteiger charge is -2.13. The third-order valence-electron chi connectivity index (χ3n) is 2.66. The van der Waals surface area contributed by atoms with Gasteiger partial charge in [-0.25, -0.2) is 9.78 Å². The maximum absolute atomic E-state index is 12.3. The van der Waals surface area contributed by atoms with E-state index in [-0.39, 0.29) is 32.7 Å². The van der Waals surface area contributed by atoms with Crippen LogP contribution in [0.4, 0.5) is 13.2 Å². The van der Waals surface area contributed by atoms with Crippen LogP contribution in [0.3, 0.4) is 0 Å². The number of aromatic nitrogens is 1. The largest absolute Gasteiger partial charge is 0.482 e. The van der Waals surface area contributed by atoms with E-state index < -0.39 is 18.8 Å². The zero-order chi connectivity index (χ0) is 17.2. The molecule has 122 valence electrons. The summed E-state index contributed by atoms with van der Waals surface area (Å²) in [5.41, 5.74) is -0.141. The van der Waals surface area contributed by atoms with Gasteiger partial charge in [0.1, 0.15) is 17.1 Å². The average molecular weight is 366 g/mol. The van der Waals surface area contributed by atoms with Crippen molar-refractivity contribution < 1.29 is 27.8 Å². The number of alkyl halides is 3. The van der Waals surface area contributed by atoms with Crippen molar-refractivity contribution in [2.24, 2.45) is 0 Å². The second-order valence-electron chi connectivity index (χ2n) is 4.38. The molecule has 0 unspecified atom stereocenters. The minimum Gasteiger partial charge on any atom is -0.482 e. The summed E-state index contributed by atoms with van der Waals surface area (Å²) in [5, 5.41) is 9.36. The van der Waals surface area contributed by atoms with Gasteiger partial charge in [0.2, 0.25) is 0 Å². The highest BCUT2D eigenvalue weighted by molar-refractivity contribution is 6.42. The van der Waals surface area contributed by atoms with Crippen molar-refractivity contribution in [3.8, 4) is 17.0 Å². The van der Waals surface area contributed by atoms with Crippen molar-refractivity contribution >= 4 is 29.2 Å². The minimum absolute atomic E-state index is 0.0762. The maximum atomic E-state index is 12.3. The number of rotatable bonds is 4. The first-order chi connectivity index (χ1) is 10.7. The standard InChI is InChI=1S/C14H8Cl2F3NO3/c15-8-2-1-7(5-9(8)16)12-11(23-6-14(17,18)19)4-3-10(20-12)13(21)22/h1-5H,6H2,(H,21,22). The second-order valence-corrected chi connectivity index (χ2v) is 5.20. The van der Waals surface area contributed by atoms with Crippen LogP contribution in [0.2, 0.25) is 10.0 Å². The third-order valence-corrected chi connectivity index (χ3v) is 3.40. The number of carbonyl (C=O) groups is 1. The number of carboxylic acid groups (broad SMARTS) is 1. The van der Waals surface area contributed by atoms with E-state index in [2.05, 4.69) is 4.98 Å². The number of ether oxygens (including phenoxy) is 1. The van der Waals surface area contributed by atoms with Gasteiger partial charge in [0, 0.05) is 5.56 Å². The first-order valence-electron chi connectivity index (χ1n) is 6.06. The van der Waals surface area contributed by atoms with Gasteiger partial charge in [-0.15, -0.1) is 0 Å². The number of nitrogens with zero attached hydrogens (tertiary/aromatic N) is 1. The lowest BCUT2D eigenvalue weighted by atomic mass is 10.1. The maximum Gasteiger partial charge on any atom is 0.422 e. The summed E-state index contributed by atoms with van der Waals surface area (Å²) in [5.74, 6) is -1.54. The summed E-state index contributed by atoms with van der Waals surface area (Å²) < 4.78 is 41.7. The molecule has 0 radical (unpaired) electrons. The molecule has 2 aromatic rings. The molecular formula is C14H8Cl2F3NO3. The Bertz CT molecular complexity index is 751. The normalized spacial score (nSPS) is 11.3. The molecule has 23 heavy (non-hydrogen) atoms. The number of halogens is 5. The molecule has 0 amide bonds. The van der Waals surface area contributed by atoms with Crippen molar-refractivity contribution in [1.82, 2.24) is 4.98 Å². The van der Waals surface area contributed by atoms with Crippen LogP contribution in [0, 0.1) is 0 Å². The van der Waals surface area contributed by atoms with Crippen molar-refractivity contribution in [3.05, 3.63) is 46.1 Å². The van der Waals surface area contributed by atoms with Crippen LogP contribution in [0.15, 0.2) is 30.3 Å². The molecule has 9 heteroatoms. The van der Waals surface area contributed by atoms with Gasteiger partial charge in [-0.3, -0.25) is 0 Å². The van der Waals surface area contributed by atoms with E-state index in [1.54, 1.807) is 0 Å². The van der Waals surface area contributed by atoms with Crippen molar-refractivity contribution in [3.63, 3.8) is 0 Å². The van der Waals surface area contributed by atoms with E-state index in [1.165, 1.54) is 18.2 Å².